The normalized spacial score (nSPS) is 14.0. The van der Waals surface area contributed by atoms with Gasteiger partial charge in [0.15, 0.2) is 11.5 Å². The van der Waals surface area contributed by atoms with Crippen LogP contribution in [0.5, 0.6) is 11.5 Å². The standard InChI is InChI=1S/C30H26Br2N4O3/c1-38-27-14-19(13-25(32)28(27)39-18-22-10-6-5-9-21(22)16-33)17-34-36-29(20-7-3-2-4-8-20)35-26-12-11-23(31)15-24(26)30(36)37/h5-6,9-15,17,20H,2-4,7-8,18H2,1H3. The van der Waals surface area contributed by atoms with Crippen molar-refractivity contribution in [1.82, 2.24) is 9.66 Å². The van der Waals surface area contributed by atoms with Crippen molar-refractivity contribution in [2.45, 2.75) is 44.6 Å². The van der Waals surface area contributed by atoms with Gasteiger partial charge in [-0.1, -0.05) is 53.4 Å². The molecule has 0 unspecified atom stereocenters. The molecule has 1 fully saturated rings. The summed E-state index contributed by atoms with van der Waals surface area (Å²) in [4.78, 5) is 18.5. The summed E-state index contributed by atoms with van der Waals surface area (Å²) in [6.07, 6.45) is 7.06. The minimum Gasteiger partial charge on any atom is -0.493 e. The Morgan fingerprint density at radius 2 is 1.92 bits per heavy atom. The predicted octanol–water partition coefficient (Wildman–Crippen LogP) is 7.31. The Hall–Kier alpha value is -3.48. The zero-order chi connectivity index (χ0) is 27.4. The summed E-state index contributed by atoms with van der Waals surface area (Å²) in [5.41, 5.74) is 2.55. The fourth-order valence-corrected chi connectivity index (χ4v) is 5.82. The van der Waals surface area contributed by atoms with Gasteiger partial charge in [0.25, 0.3) is 5.56 Å². The number of benzene rings is 3. The van der Waals surface area contributed by atoms with Crippen molar-refractivity contribution in [3.8, 4) is 17.6 Å². The summed E-state index contributed by atoms with van der Waals surface area (Å²) in [7, 11) is 1.57. The van der Waals surface area contributed by atoms with E-state index >= 15 is 0 Å². The molecule has 0 aliphatic heterocycles. The summed E-state index contributed by atoms with van der Waals surface area (Å²) in [5.74, 6) is 1.90. The molecule has 0 bridgehead atoms. The van der Waals surface area contributed by atoms with Crippen molar-refractivity contribution in [2.75, 3.05) is 7.11 Å². The minimum absolute atomic E-state index is 0.185. The van der Waals surface area contributed by atoms with E-state index in [1.54, 1.807) is 31.5 Å². The third-order valence-corrected chi connectivity index (χ3v) is 7.97. The number of aromatic nitrogens is 2. The van der Waals surface area contributed by atoms with E-state index in [1.165, 1.54) is 11.1 Å². The van der Waals surface area contributed by atoms with Crippen LogP contribution in [0.15, 0.2) is 73.4 Å². The molecule has 5 rings (SSSR count). The van der Waals surface area contributed by atoms with Crippen LogP contribution in [-0.2, 0) is 6.61 Å². The summed E-state index contributed by atoms with van der Waals surface area (Å²) in [6.45, 7) is 0.213. The molecule has 3 aromatic carbocycles. The summed E-state index contributed by atoms with van der Waals surface area (Å²) < 4.78 is 14.6. The molecule has 39 heavy (non-hydrogen) atoms. The number of rotatable bonds is 7. The second kappa shape index (κ2) is 12.1. The summed E-state index contributed by atoms with van der Waals surface area (Å²) in [6, 6.07) is 18.7. The van der Waals surface area contributed by atoms with Gasteiger partial charge in [-0.25, -0.2) is 4.98 Å². The number of nitriles is 1. The lowest BCUT2D eigenvalue weighted by atomic mass is 9.88. The van der Waals surface area contributed by atoms with Crippen molar-refractivity contribution < 1.29 is 9.47 Å². The molecule has 7 nitrogen and oxygen atoms in total. The number of methoxy groups -OCH3 is 1. The lowest BCUT2D eigenvalue weighted by molar-refractivity contribution is 0.282. The second-order valence-electron chi connectivity index (χ2n) is 9.42. The fourth-order valence-electron chi connectivity index (χ4n) is 4.89. The average molecular weight is 650 g/mol. The predicted molar refractivity (Wildman–Crippen MR) is 159 cm³/mol. The number of ether oxygens (including phenoxy) is 2. The zero-order valence-electron chi connectivity index (χ0n) is 21.4. The van der Waals surface area contributed by atoms with Crippen LogP contribution < -0.4 is 15.0 Å². The van der Waals surface area contributed by atoms with E-state index < -0.39 is 0 Å². The molecule has 4 aromatic rings. The van der Waals surface area contributed by atoms with Gasteiger partial charge in [0.05, 0.1) is 40.3 Å². The largest absolute Gasteiger partial charge is 0.493 e. The maximum absolute atomic E-state index is 13.6. The van der Waals surface area contributed by atoms with E-state index in [0.717, 1.165) is 41.3 Å². The van der Waals surface area contributed by atoms with Gasteiger partial charge in [-0.05, 0) is 70.7 Å². The Kier molecular flexibility index (Phi) is 8.44. The van der Waals surface area contributed by atoms with E-state index in [2.05, 4.69) is 43.0 Å². The third-order valence-electron chi connectivity index (χ3n) is 6.89. The maximum atomic E-state index is 13.6. The van der Waals surface area contributed by atoms with Crippen molar-refractivity contribution in [1.29, 1.82) is 5.26 Å². The Labute approximate surface area is 243 Å². The molecule has 1 aliphatic rings. The number of halogens is 2. The first-order valence-corrected chi connectivity index (χ1v) is 14.3. The zero-order valence-corrected chi connectivity index (χ0v) is 24.5. The van der Waals surface area contributed by atoms with Crippen molar-refractivity contribution in [3.05, 3.63) is 96.4 Å². The van der Waals surface area contributed by atoms with Gasteiger partial charge in [0.2, 0.25) is 0 Å². The second-order valence-corrected chi connectivity index (χ2v) is 11.2. The number of fused-ring (bicyclic) bond motifs is 1. The fraction of sp³-hybridized carbons (Fsp3) is 0.267. The molecule has 198 valence electrons. The molecule has 0 radical (unpaired) electrons. The number of nitrogens with zero attached hydrogens (tertiary/aromatic N) is 4. The van der Waals surface area contributed by atoms with Gasteiger partial charge < -0.3 is 9.47 Å². The van der Waals surface area contributed by atoms with Crippen LogP contribution in [0.3, 0.4) is 0 Å². The molecule has 9 heteroatoms. The lowest BCUT2D eigenvalue weighted by Crippen LogP contribution is -2.25. The van der Waals surface area contributed by atoms with Crippen LogP contribution in [0.25, 0.3) is 10.9 Å². The topological polar surface area (TPSA) is 89.5 Å². The van der Waals surface area contributed by atoms with E-state index in [4.69, 9.17) is 14.5 Å². The van der Waals surface area contributed by atoms with Gasteiger partial charge in [-0.3, -0.25) is 4.79 Å². The maximum Gasteiger partial charge on any atom is 0.282 e. The highest BCUT2D eigenvalue weighted by molar-refractivity contribution is 9.10. The van der Waals surface area contributed by atoms with E-state index in [0.29, 0.717) is 38.3 Å². The molecule has 1 saturated carbocycles. The van der Waals surface area contributed by atoms with Crippen LogP contribution in [-0.4, -0.2) is 23.0 Å². The highest BCUT2D eigenvalue weighted by atomic mass is 79.9. The quantitative estimate of drug-likeness (QED) is 0.196. The van der Waals surface area contributed by atoms with Gasteiger partial charge in [0, 0.05) is 16.0 Å². The average Bonchev–Trinajstić information content (AvgIpc) is 2.96. The molecule has 0 amide bonds. The molecule has 0 saturated heterocycles. The molecule has 1 aliphatic carbocycles. The van der Waals surface area contributed by atoms with E-state index in [-0.39, 0.29) is 18.1 Å². The van der Waals surface area contributed by atoms with Crippen molar-refractivity contribution in [3.63, 3.8) is 0 Å². The molecule has 0 N–H and O–H groups in total. The highest BCUT2D eigenvalue weighted by Gasteiger charge is 2.22. The Bertz CT molecular complexity index is 1650. The van der Waals surface area contributed by atoms with Crippen LogP contribution in [0, 0.1) is 11.3 Å². The Morgan fingerprint density at radius 1 is 1.13 bits per heavy atom. The minimum atomic E-state index is -0.194. The molecule has 1 heterocycles. The summed E-state index contributed by atoms with van der Waals surface area (Å²) >= 11 is 7.06. The van der Waals surface area contributed by atoms with Crippen LogP contribution >= 0.6 is 31.9 Å². The van der Waals surface area contributed by atoms with E-state index in [1.807, 2.05) is 36.4 Å². The van der Waals surface area contributed by atoms with Crippen molar-refractivity contribution >= 4 is 49.0 Å². The monoisotopic (exact) mass is 648 g/mol. The molecule has 0 atom stereocenters. The first-order chi connectivity index (χ1) is 19.0. The molecule has 1 aromatic heterocycles. The SMILES string of the molecule is COc1cc(C=Nn2c(C3CCCCC3)nc3ccc(Br)cc3c2=O)cc(Br)c1OCc1ccccc1C#N. The van der Waals surface area contributed by atoms with Gasteiger partial charge in [0.1, 0.15) is 12.4 Å². The Balaban J connectivity index is 1.50. The van der Waals surface area contributed by atoms with Crippen LogP contribution in [0.2, 0.25) is 0 Å². The highest BCUT2D eigenvalue weighted by Crippen LogP contribution is 2.37. The van der Waals surface area contributed by atoms with Gasteiger partial charge in [-0.2, -0.15) is 15.0 Å². The third kappa shape index (κ3) is 5.92. The van der Waals surface area contributed by atoms with Gasteiger partial charge >= 0.3 is 0 Å². The lowest BCUT2D eigenvalue weighted by Gasteiger charge is -2.22. The number of hydrogen-bond acceptors (Lipinski definition) is 6. The van der Waals surface area contributed by atoms with Crippen molar-refractivity contribution in [2.24, 2.45) is 5.10 Å². The van der Waals surface area contributed by atoms with Crippen LogP contribution in [0.1, 0.15) is 60.5 Å². The van der Waals surface area contributed by atoms with E-state index in [9.17, 15) is 10.1 Å². The number of hydrogen-bond donors (Lipinski definition) is 0. The van der Waals surface area contributed by atoms with Crippen LogP contribution in [0.4, 0.5) is 0 Å². The summed E-state index contributed by atoms with van der Waals surface area (Å²) in [5, 5.41) is 14.5. The first-order valence-electron chi connectivity index (χ1n) is 12.7. The smallest absolute Gasteiger partial charge is 0.282 e. The molecule has 0 spiro atoms. The molecular weight excluding hydrogens is 624 g/mol. The Morgan fingerprint density at radius 3 is 2.69 bits per heavy atom. The molecular formula is C30H26Br2N4O3. The first kappa shape index (κ1) is 27.1. The van der Waals surface area contributed by atoms with Gasteiger partial charge in [-0.15, -0.1) is 0 Å².